The van der Waals surface area contributed by atoms with Crippen LogP contribution < -0.4 is 0 Å². The molecular formula is C10H6BrClFN. The van der Waals surface area contributed by atoms with Gasteiger partial charge in [0.2, 0.25) is 0 Å². The minimum absolute atomic E-state index is 0.293. The first-order valence-corrected chi connectivity index (χ1v) is 5.17. The number of hydrogen-bond donors (Lipinski definition) is 0. The van der Waals surface area contributed by atoms with Gasteiger partial charge in [0.15, 0.2) is 0 Å². The number of fused-ring (bicyclic) bond motifs is 1. The second-order valence-electron chi connectivity index (χ2n) is 2.99. The van der Waals surface area contributed by atoms with Crippen molar-refractivity contribution in [3.05, 3.63) is 39.2 Å². The highest BCUT2D eigenvalue weighted by atomic mass is 79.9. The molecule has 1 heterocycles. The standard InChI is InChI=1S/C10H6BrClFN/c1-5-10(12)9(11)7-3-2-6(13)4-8(7)14-5/h2-4H,1H3. The van der Waals surface area contributed by atoms with E-state index >= 15 is 0 Å². The van der Waals surface area contributed by atoms with Gasteiger partial charge in [0.25, 0.3) is 0 Å². The summed E-state index contributed by atoms with van der Waals surface area (Å²) in [6.45, 7) is 1.79. The van der Waals surface area contributed by atoms with Crippen molar-refractivity contribution in [1.29, 1.82) is 0 Å². The number of hydrogen-bond acceptors (Lipinski definition) is 1. The molecule has 2 aromatic rings. The van der Waals surface area contributed by atoms with Gasteiger partial charge >= 0.3 is 0 Å². The number of halogens is 3. The van der Waals surface area contributed by atoms with E-state index in [1.54, 1.807) is 13.0 Å². The molecule has 1 aromatic heterocycles. The van der Waals surface area contributed by atoms with E-state index in [1.165, 1.54) is 12.1 Å². The summed E-state index contributed by atoms with van der Waals surface area (Å²) in [5, 5.41) is 1.39. The largest absolute Gasteiger partial charge is 0.251 e. The van der Waals surface area contributed by atoms with E-state index in [9.17, 15) is 4.39 Å². The first-order chi connectivity index (χ1) is 6.59. The van der Waals surface area contributed by atoms with Gasteiger partial charge in [-0.3, -0.25) is 4.98 Å². The molecule has 72 valence electrons. The molecule has 14 heavy (non-hydrogen) atoms. The predicted molar refractivity (Wildman–Crippen MR) is 59.1 cm³/mol. The van der Waals surface area contributed by atoms with E-state index in [0.717, 1.165) is 9.86 Å². The van der Waals surface area contributed by atoms with Crippen LogP contribution in [0.4, 0.5) is 4.39 Å². The first-order valence-electron chi connectivity index (χ1n) is 4.00. The summed E-state index contributed by atoms with van der Waals surface area (Å²) in [6.07, 6.45) is 0. The Labute approximate surface area is 94.0 Å². The summed E-state index contributed by atoms with van der Waals surface area (Å²) in [5.41, 5.74) is 1.30. The fourth-order valence-corrected chi connectivity index (χ4v) is 2.06. The van der Waals surface area contributed by atoms with E-state index in [4.69, 9.17) is 11.6 Å². The molecule has 0 bridgehead atoms. The van der Waals surface area contributed by atoms with Gasteiger partial charge in [0, 0.05) is 15.9 Å². The number of pyridine rings is 1. The zero-order valence-electron chi connectivity index (χ0n) is 7.31. The van der Waals surface area contributed by atoms with Gasteiger partial charge < -0.3 is 0 Å². The molecule has 0 aliphatic heterocycles. The van der Waals surface area contributed by atoms with Gasteiger partial charge in [-0.05, 0) is 35.0 Å². The molecule has 1 aromatic carbocycles. The maximum absolute atomic E-state index is 12.9. The lowest BCUT2D eigenvalue weighted by Gasteiger charge is -2.05. The second kappa shape index (κ2) is 3.48. The first kappa shape index (κ1) is 9.87. The summed E-state index contributed by atoms with van der Waals surface area (Å²) >= 11 is 9.36. The molecule has 0 fully saturated rings. The Morgan fingerprint density at radius 2 is 2.14 bits per heavy atom. The number of nitrogens with zero attached hydrogens (tertiary/aromatic N) is 1. The monoisotopic (exact) mass is 273 g/mol. The van der Waals surface area contributed by atoms with Crippen LogP contribution in [0.5, 0.6) is 0 Å². The third kappa shape index (κ3) is 1.51. The molecule has 0 saturated heterocycles. The lowest BCUT2D eigenvalue weighted by Crippen LogP contribution is -1.88. The summed E-state index contributed by atoms with van der Waals surface area (Å²) in [7, 11) is 0. The molecule has 0 radical (unpaired) electrons. The van der Waals surface area contributed by atoms with Gasteiger partial charge in [0.05, 0.1) is 16.2 Å². The Morgan fingerprint density at radius 1 is 1.43 bits per heavy atom. The third-order valence-corrected chi connectivity index (χ3v) is 3.51. The van der Waals surface area contributed by atoms with Crippen molar-refractivity contribution in [2.45, 2.75) is 6.92 Å². The van der Waals surface area contributed by atoms with Crippen molar-refractivity contribution in [1.82, 2.24) is 4.98 Å². The zero-order valence-corrected chi connectivity index (χ0v) is 9.66. The van der Waals surface area contributed by atoms with E-state index < -0.39 is 0 Å². The summed E-state index contributed by atoms with van der Waals surface area (Å²) in [4.78, 5) is 4.19. The lowest BCUT2D eigenvalue weighted by atomic mass is 10.2. The van der Waals surface area contributed by atoms with E-state index in [2.05, 4.69) is 20.9 Å². The predicted octanol–water partition coefficient (Wildman–Crippen LogP) is 4.10. The average Bonchev–Trinajstić information content (AvgIpc) is 2.14. The maximum Gasteiger partial charge on any atom is 0.125 e. The lowest BCUT2D eigenvalue weighted by molar-refractivity contribution is 0.629. The fraction of sp³-hybridized carbons (Fsp3) is 0.100. The molecule has 0 aliphatic rings. The Morgan fingerprint density at radius 3 is 2.86 bits per heavy atom. The van der Waals surface area contributed by atoms with Gasteiger partial charge in [-0.25, -0.2) is 4.39 Å². The van der Waals surface area contributed by atoms with Crippen LogP contribution in [0.3, 0.4) is 0 Å². The third-order valence-electron chi connectivity index (χ3n) is 1.99. The van der Waals surface area contributed by atoms with Gasteiger partial charge in [-0.1, -0.05) is 11.6 Å². The van der Waals surface area contributed by atoms with Crippen LogP contribution in [-0.2, 0) is 0 Å². The molecule has 0 atom stereocenters. The van der Waals surface area contributed by atoms with Gasteiger partial charge in [-0.2, -0.15) is 0 Å². The quantitative estimate of drug-likeness (QED) is 0.705. The van der Waals surface area contributed by atoms with Crippen LogP contribution in [0.1, 0.15) is 5.69 Å². The van der Waals surface area contributed by atoms with Crippen LogP contribution in [0, 0.1) is 12.7 Å². The van der Waals surface area contributed by atoms with Crippen LogP contribution >= 0.6 is 27.5 Å². The van der Waals surface area contributed by atoms with Crippen molar-refractivity contribution < 1.29 is 4.39 Å². The molecule has 0 saturated carbocycles. The highest BCUT2D eigenvalue weighted by Crippen LogP contribution is 2.32. The van der Waals surface area contributed by atoms with Gasteiger partial charge in [0.1, 0.15) is 5.82 Å². The number of aryl methyl sites for hydroxylation is 1. The molecule has 4 heteroatoms. The number of rotatable bonds is 0. The van der Waals surface area contributed by atoms with Crippen molar-refractivity contribution in [2.75, 3.05) is 0 Å². The Hall–Kier alpha value is -0.670. The molecule has 0 aliphatic carbocycles. The summed E-state index contributed by atoms with van der Waals surface area (Å²) in [5.74, 6) is -0.293. The van der Waals surface area contributed by atoms with Crippen LogP contribution in [0.2, 0.25) is 5.02 Å². The highest BCUT2D eigenvalue weighted by molar-refractivity contribution is 9.10. The maximum atomic E-state index is 12.9. The molecular weight excluding hydrogens is 268 g/mol. The topological polar surface area (TPSA) is 12.9 Å². The van der Waals surface area contributed by atoms with Crippen LogP contribution in [-0.4, -0.2) is 4.98 Å². The molecule has 0 N–H and O–H groups in total. The highest BCUT2D eigenvalue weighted by Gasteiger charge is 2.08. The van der Waals surface area contributed by atoms with Crippen molar-refractivity contribution in [3.63, 3.8) is 0 Å². The molecule has 1 nitrogen and oxygen atoms in total. The second-order valence-corrected chi connectivity index (χ2v) is 4.16. The molecule has 0 amide bonds. The normalized spacial score (nSPS) is 10.9. The Kier molecular flexibility index (Phi) is 2.45. The Bertz CT molecular complexity index is 513. The molecule has 0 spiro atoms. The minimum atomic E-state index is -0.293. The molecule has 0 unspecified atom stereocenters. The fourth-order valence-electron chi connectivity index (χ4n) is 1.29. The average molecular weight is 275 g/mol. The summed E-state index contributed by atoms with van der Waals surface area (Å²) < 4.78 is 13.7. The van der Waals surface area contributed by atoms with Crippen molar-refractivity contribution >= 4 is 38.4 Å². The molecule has 2 rings (SSSR count). The van der Waals surface area contributed by atoms with Crippen LogP contribution in [0.15, 0.2) is 22.7 Å². The van der Waals surface area contributed by atoms with Gasteiger partial charge in [-0.15, -0.1) is 0 Å². The summed E-state index contributed by atoms with van der Waals surface area (Å²) in [6, 6.07) is 4.44. The van der Waals surface area contributed by atoms with Crippen molar-refractivity contribution in [3.8, 4) is 0 Å². The van der Waals surface area contributed by atoms with E-state index in [0.29, 0.717) is 16.2 Å². The Balaban J connectivity index is 2.91. The zero-order chi connectivity index (χ0) is 10.3. The van der Waals surface area contributed by atoms with E-state index in [-0.39, 0.29) is 5.82 Å². The number of aromatic nitrogens is 1. The SMILES string of the molecule is Cc1nc2cc(F)ccc2c(Br)c1Cl. The smallest absolute Gasteiger partial charge is 0.125 e. The van der Waals surface area contributed by atoms with Crippen molar-refractivity contribution in [2.24, 2.45) is 0 Å². The van der Waals surface area contributed by atoms with E-state index in [1.807, 2.05) is 0 Å². The van der Waals surface area contributed by atoms with Crippen LogP contribution in [0.25, 0.3) is 10.9 Å². The minimum Gasteiger partial charge on any atom is -0.251 e. The number of benzene rings is 1.